The van der Waals surface area contributed by atoms with Gasteiger partial charge in [0, 0.05) is 0 Å². The van der Waals surface area contributed by atoms with Crippen LogP contribution in [-0.2, 0) is 0 Å². The lowest BCUT2D eigenvalue weighted by molar-refractivity contribution is 1.14. The van der Waals surface area contributed by atoms with Gasteiger partial charge >= 0.3 is 0 Å². The topological polar surface area (TPSA) is 0 Å². The minimum atomic E-state index is 1.03. The Morgan fingerprint density at radius 3 is 1.42 bits per heavy atom. The van der Waals surface area contributed by atoms with Crippen molar-refractivity contribution in [2.75, 3.05) is 0 Å². The van der Waals surface area contributed by atoms with Crippen molar-refractivity contribution in [2.45, 2.75) is 40.5 Å². The second-order valence-corrected chi connectivity index (χ2v) is 2.58. The van der Waals surface area contributed by atoms with Gasteiger partial charge in [0.1, 0.15) is 0 Å². The second-order valence-electron chi connectivity index (χ2n) is 2.58. The predicted molar refractivity (Wildman–Crippen MR) is 55.9 cm³/mol. The second kappa shape index (κ2) is 6.73. The van der Waals surface area contributed by atoms with E-state index in [1.54, 1.807) is 0 Å². The Balaban J connectivity index is 4.37. The summed E-state index contributed by atoms with van der Waals surface area (Å²) in [5, 5.41) is 0. The van der Waals surface area contributed by atoms with Crippen LogP contribution in [0.1, 0.15) is 40.5 Å². The zero-order chi connectivity index (χ0) is 9.40. The number of hydrogen-bond acceptors (Lipinski definition) is 0. The van der Waals surface area contributed by atoms with Gasteiger partial charge in [0.25, 0.3) is 0 Å². The maximum atomic E-state index is 3.16. The summed E-state index contributed by atoms with van der Waals surface area (Å²) in [7, 11) is 0. The quantitative estimate of drug-likeness (QED) is 0.543. The average molecular weight is 162 g/mol. The maximum absolute atomic E-state index is 3.16. The first kappa shape index (κ1) is 11.0. The molecule has 0 aromatic heterocycles. The molecule has 0 spiro atoms. The van der Waals surface area contributed by atoms with Gasteiger partial charge in [0.2, 0.25) is 0 Å². The molecule has 0 aromatic rings. The Hall–Kier alpha value is -0.960. The summed E-state index contributed by atoms with van der Waals surface area (Å²) in [5.74, 6) is 6.33. The molecule has 0 fully saturated rings. The van der Waals surface area contributed by atoms with Gasteiger partial charge < -0.3 is 0 Å². The molecule has 0 nitrogen and oxygen atoms in total. The van der Waals surface area contributed by atoms with E-state index >= 15 is 0 Å². The van der Waals surface area contributed by atoms with E-state index < -0.39 is 0 Å². The van der Waals surface area contributed by atoms with Crippen molar-refractivity contribution in [1.29, 1.82) is 0 Å². The lowest BCUT2D eigenvalue weighted by atomic mass is 10.1. The van der Waals surface area contributed by atoms with Crippen molar-refractivity contribution in [3.05, 3.63) is 23.3 Å². The van der Waals surface area contributed by atoms with Crippen LogP contribution in [0, 0.1) is 11.8 Å². The van der Waals surface area contributed by atoms with Crippen LogP contribution >= 0.6 is 0 Å². The summed E-state index contributed by atoms with van der Waals surface area (Å²) >= 11 is 0. The zero-order valence-electron chi connectivity index (χ0n) is 8.57. The highest BCUT2D eigenvalue weighted by molar-refractivity contribution is 5.37. The third-order valence-electron chi connectivity index (χ3n) is 1.84. The van der Waals surface area contributed by atoms with Crippen molar-refractivity contribution in [3.63, 3.8) is 0 Å². The van der Waals surface area contributed by atoms with E-state index in [-0.39, 0.29) is 0 Å². The molecule has 12 heavy (non-hydrogen) atoms. The fourth-order valence-corrected chi connectivity index (χ4v) is 0.890. The molecular weight excluding hydrogens is 144 g/mol. The van der Waals surface area contributed by atoms with E-state index in [1.165, 1.54) is 11.1 Å². The molecule has 0 aliphatic rings. The lowest BCUT2D eigenvalue weighted by Crippen LogP contribution is -1.76. The molecule has 0 bridgehead atoms. The van der Waals surface area contributed by atoms with Crippen LogP contribution in [0.5, 0.6) is 0 Å². The SMILES string of the molecule is C/C=C(/C#C/C(=C/C)CC)CC. The zero-order valence-corrected chi connectivity index (χ0v) is 8.57. The van der Waals surface area contributed by atoms with Crippen molar-refractivity contribution in [1.82, 2.24) is 0 Å². The van der Waals surface area contributed by atoms with E-state index in [9.17, 15) is 0 Å². The fourth-order valence-electron chi connectivity index (χ4n) is 0.890. The first-order valence-electron chi connectivity index (χ1n) is 4.60. The van der Waals surface area contributed by atoms with Crippen molar-refractivity contribution in [3.8, 4) is 11.8 Å². The predicted octanol–water partition coefficient (Wildman–Crippen LogP) is 3.70. The fraction of sp³-hybridized carbons (Fsp3) is 0.500. The summed E-state index contributed by atoms with van der Waals surface area (Å²) in [4.78, 5) is 0. The summed E-state index contributed by atoms with van der Waals surface area (Å²) in [6.45, 7) is 8.33. The van der Waals surface area contributed by atoms with Crippen LogP contribution in [0.3, 0.4) is 0 Å². The highest BCUT2D eigenvalue weighted by Crippen LogP contribution is 2.01. The molecule has 0 aliphatic heterocycles. The highest BCUT2D eigenvalue weighted by atomic mass is 13.9. The summed E-state index contributed by atoms with van der Waals surface area (Å²) in [6.07, 6.45) is 6.22. The smallest absolute Gasteiger partial charge is 0.00215 e. The Kier molecular flexibility index (Phi) is 6.19. The molecular formula is C12H18. The molecule has 0 rings (SSSR count). The Morgan fingerprint density at radius 1 is 0.917 bits per heavy atom. The molecule has 0 saturated heterocycles. The average Bonchev–Trinajstić information content (AvgIpc) is 2.13. The Bertz CT molecular complexity index is 206. The normalized spacial score (nSPS) is 12.3. The van der Waals surface area contributed by atoms with Crippen LogP contribution < -0.4 is 0 Å². The largest absolute Gasteiger partial charge is 0.0761 e. The number of allylic oxidation sites excluding steroid dienone is 4. The van der Waals surface area contributed by atoms with Crippen LogP contribution in [0.4, 0.5) is 0 Å². The molecule has 0 aliphatic carbocycles. The molecule has 0 amide bonds. The van der Waals surface area contributed by atoms with Crippen LogP contribution in [-0.4, -0.2) is 0 Å². The standard InChI is InChI=1S/C12H18/c1-5-11(6-2)9-10-12(7-3)8-4/h5,7H,6,8H2,1-4H3/b11-5+,12-7+. The van der Waals surface area contributed by atoms with Gasteiger partial charge in [0.15, 0.2) is 0 Å². The third kappa shape index (κ3) is 4.03. The van der Waals surface area contributed by atoms with Gasteiger partial charge in [-0.2, -0.15) is 0 Å². The molecule has 0 N–H and O–H groups in total. The van der Waals surface area contributed by atoms with E-state index in [0.717, 1.165) is 12.8 Å². The van der Waals surface area contributed by atoms with Crippen LogP contribution in [0.2, 0.25) is 0 Å². The lowest BCUT2D eigenvalue weighted by Gasteiger charge is -1.91. The van der Waals surface area contributed by atoms with Gasteiger partial charge in [0.05, 0.1) is 0 Å². The monoisotopic (exact) mass is 162 g/mol. The summed E-state index contributed by atoms with van der Waals surface area (Å²) < 4.78 is 0. The minimum Gasteiger partial charge on any atom is -0.0761 e. The van der Waals surface area contributed by atoms with Gasteiger partial charge in [-0.3, -0.25) is 0 Å². The van der Waals surface area contributed by atoms with Gasteiger partial charge in [-0.15, -0.1) is 0 Å². The minimum absolute atomic E-state index is 1.03. The third-order valence-corrected chi connectivity index (χ3v) is 1.84. The highest BCUT2D eigenvalue weighted by Gasteiger charge is 1.85. The molecule has 0 heteroatoms. The van der Waals surface area contributed by atoms with E-state index in [4.69, 9.17) is 0 Å². The summed E-state index contributed by atoms with van der Waals surface area (Å²) in [6, 6.07) is 0. The Labute approximate surface area is 76.4 Å². The first-order valence-corrected chi connectivity index (χ1v) is 4.60. The molecule has 0 heterocycles. The van der Waals surface area contributed by atoms with E-state index in [1.807, 2.05) is 13.8 Å². The van der Waals surface area contributed by atoms with Gasteiger partial charge in [-0.25, -0.2) is 0 Å². The summed E-state index contributed by atoms with van der Waals surface area (Å²) in [5.41, 5.74) is 2.45. The molecule has 0 radical (unpaired) electrons. The van der Waals surface area contributed by atoms with Crippen molar-refractivity contribution >= 4 is 0 Å². The Morgan fingerprint density at radius 2 is 1.25 bits per heavy atom. The van der Waals surface area contributed by atoms with Gasteiger partial charge in [-0.05, 0) is 37.8 Å². The van der Waals surface area contributed by atoms with Crippen LogP contribution in [0.15, 0.2) is 23.3 Å². The molecule has 0 aromatic carbocycles. The maximum Gasteiger partial charge on any atom is -0.00215 e. The number of hydrogen-bond donors (Lipinski definition) is 0. The number of rotatable bonds is 2. The molecule has 0 atom stereocenters. The van der Waals surface area contributed by atoms with Crippen molar-refractivity contribution in [2.24, 2.45) is 0 Å². The molecule has 66 valence electrons. The molecule has 0 saturated carbocycles. The van der Waals surface area contributed by atoms with E-state index in [0.29, 0.717) is 0 Å². The van der Waals surface area contributed by atoms with Crippen molar-refractivity contribution < 1.29 is 0 Å². The van der Waals surface area contributed by atoms with Gasteiger partial charge in [-0.1, -0.05) is 37.8 Å². The van der Waals surface area contributed by atoms with E-state index in [2.05, 4.69) is 37.8 Å². The van der Waals surface area contributed by atoms with Crippen LogP contribution in [0.25, 0.3) is 0 Å². The first-order chi connectivity index (χ1) is 5.78. The molecule has 0 unspecified atom stereocenters.